The van der Waals surface area contributed by atoms with E-state index in [2.05, 4.69) is 4.98 Å². The van der Waals surface area contributed by atoms with Crippen LogP contribution in [0.2, 0.25) is 0 Å². The predicted octanol–water partition coefficient (Wildman–Crippen LogP) is 3.94. The van der Waals surface area contributed by atoms with Crippen LogP contribution in [0.4, 0.5) is 22.0 Å². The van der Waals surface area contributed by atoms with Gasteiger partial charge in [0.1, 0.15) is 11.3 Å². The molecule has 0 fully saturated rings. The fourth-order valence-corrected chi connectivity index (χ4v) is 2.09. The number of hydrogen-bond donors (Lipinski definition) is 1. The summed E-state index contributed by atoms with van der Waals surface area (Å²) in [6, 6.07) is 6.01. The Hall–Kier alpha value is -3.23. The molecule has 25 heavy (non-hydrogen) atoms. The maximum atomic E-state index is 13.7. The number of rotatable bonds is 2. The van der Waals surface area contributed by atoms with Gasteiger partial charge in [0.2, 0.25) is 5.82 Å². The van der Waals surface area contributed by atoms with Crippen LogP contribution in [0.15, 0.2) is 33.5 Å². The van der Waals surface area contributed by atoms with E-state index in [1.54, 1.807) is 12.1 Å². The summed E-state index contributed by atoms with van der Waals surface area (Å²) < 4.78 is 71.6. The van der Waals surface area contributed by atoms with Crippen LogP contribution in [0.25, 0.3) is 22.9 Å². The highest BCUT2D eigenvalue weighted by Crippen LogP contribution is 2.28. The monoisotopic (exact) mass is 355 g/mol. The van der Waals surface area contributed by atoms with Gasteiger partial charge in [-0.1, -0.05) is 12.1 Å². The van der Waals surface area contributed by atoms with Crippen LogP contribution >= 0.6 is 0 Å². The standard InChI is InChI=1S/C16H6F5NO3/c17-11-10(12(18)14(20)15(21)13(11)19)8(23)5-7-16(24)25-9-4-2-1-3-6(9)22-7/h1-5,23H/b8-5-. The summed E-state index contributed by atoms with van der Waals surface area (Å²) in [5.41, 5.74) is -2.95. The number of halogens is 5. The van der Waals surface area contributed by atoms with E-state index in [4.69, 9.17) is 4.42 Å². The van der Waals surface area contributed by atoms with Crippen molar-refractivity contribution in [3.8, 4) is 0 Å². The van der Waals surface area contributed by atoms with E-state index in [1.807, 2.05) is 0 Å². The first-order chi connectivity index (χ1) is 11.8. The van der Waals surface area contributed by atoms with E-state index >= 15 is 0 Å². The molecule has 0 atom stereocenters. The largest absolute Gasteiger partial charge is 0.507 e. The molecule has 0 amide bonds. The highest BCUT2D eigenvalue weighted by atomic mass is 19.2. The van der Waals surface area contributed by atoms with Gasteiger partial charge in [-0.05, 0) is 12.1 Å². The number of aliphatic hydroxyl groups is 1. The van der Waals surface area contributed by atoms with Gasteiger partial charge < -0.3 is 9.52 Å². The lowest BCUT2D eigenvalue weighted by Crippen LogP contribution is -2.09. The van der Waals surface area contributed by atoms with E-state index in [-0.39, 0.29) is 11.1 Å². The fraction of sp³-hybridized carbons (Fsp3) is 0. The Balaban J connectivity index is 2.21. The van der Waals surface area contributed by atoms with Gasteiger partial charge >= 0.3 is 5.63 Å². The quantitative estimate of drug-likeness (QED) is 0.327. The molecule has 0 aliphatic heterocycles. The summed E-state index contributed by atoms with van der Waals surface area (Å²) in [6.07, 6.45) is 0.455. The van der Waals surface area contributed by atoms with Crippen LogP contribution in [-0.2, 0) is 0 Å². The van der Waals surface area contributed by atoms with Gasteiger partial charge in [-0.15, -0.1) is 0 Å². The first-order valence-corrected chi connectivity index (χ1v) is 6.63. The van der Waals surface area contributed by atoms with Gasteiger partial charge in [-0.3, -0.25) is 0 Å². The van der Waals surface area contributed by atoms with E-state index in [0.29, 0.717) is 6.08 Å². The third-order valence-electron chi connectivity index (χ3n) is 3.26. The van der Waals surface area contributed by atoms with Crippen LogP contribution in [0, 0.1) is 29.1 Å². The van der Waals surface area contributed by atoms with Crippen molar-refractivity contribution in [2.75, 3.05) is 0 Å². The zero-order valence-electron chi connectivity index (χ0n) is 12.0. The van der Waals surface area contributed by atoms with Gasteiger partial charge in [0.05, 0.1) is 5.56 Å². The number of fused-ring (bicyclic) bond motifs is 1. The summed E-state index contributed by atoms with van der Waals surface area (Å²) in [7, 11) is 0. The topological polar surface area (TPSA) is 63.3 Å². The summed E-state index contributed by atoms with van der Waals surface area (Å²) in [6.45, 7) is 0. The Morgan fingerprint density at radius 1 is 0.960 bits per heavy atom. The summed E-state index contributed by atoms with van der Waals surface area (Å²) in [4.78, 5) is 15.6. The molecule has 1 heterocycles. The number of aliphatic hydroxyl groups excluding tert-OH is 1. The van der Waals surface area contributed by atoms with Gasteiger partial charge in [-0.25, -0.2) is 31.7 Å². The normalized spacial score (nSPS) is 12.0. The highest BCUT2D eigenvalue weighted by molar-refractivity contribution is 5.78. The SMILES string of the molecule is O=c1oc2ccccc2nc1/C=C(\O)c1c(F)c(F)c(F)c(F)c1F. The van der Waals surface area contributed by atoms with E-state index in [0.717, 1.165) is 0 Å². The Morgan fingerprint density at radius 3 is 2.16 bits per heavy atom. The molecule has 0 radical (unpaired) electrons. The van der Waals surface area contributed by atoms with Crippen molar-refractivity contribution < 1.29 is 31.5 Å². The molecule has 128 valence electrons. The average molecular weight is 355 g/mol. The van der Waals surface area contributed by atoms with Crippen molar-refractivity contribution in [3.05, 3.63) is 75.0 Å². The zero-order valence-corrected chi connectivity index (χ0v) is 12.0. The van der Waals surface area contributed by atoms with Crippen LogP contribution in [-0.4, -0.2) is 10.1 Å². The molecule has 4 nitrogen and oxygen atoms in total. The number of hydrogen-bond acceptors (Lipinski definition) is 4. The molecule has 2 aromatic carbocycles. The number of benzene rings is 2. The van der Waals surface area contributed by atoms with Gasteiger partial charge in [0.25, 0.3) is 0 Å². The average Bonchev–Trinajstić information content (AvgIpc) is 2.59. The molecule has 0 aliphatic rings. The van der Waals surface area contributed by atoms with Crippen LogP contribution in [0.3, 0.4) is 0 Å². The van der Waals surface area contributed by atoms with Crippen molar-refractivity contribution in [1.82, 2.24) is 4.98 Å². The maximum Gasteiger partial charge on any atom is 0.362 e. The Labute approximate surface area is 135 Å². The molecule has 1 aromatic heterocycles. The first-order valence-electron chi connectivity index (χ1n) is 6.63. The number of aromatic nitrogens is 1. The van der Waals surface area contributed by atoms with E-state index in [1.165, 1.54) is 12.1 Å². The molecule has 1 N–H and O–H groups in total. The number of para-hydroxylation sites is 2. The van der Waals surface area contributed by atoms with Gasteiger partial charge in [-0.2, -0.15) is 0 Å². The second-order valence-electron chi connectivity index (χ2n) is 4.83. The molecule has 3 rings (SSSR count). The van der Waals surface area contributed by atoms with E-state index < -0.39 is 51.7 Å². The predicted molar refractivity (Wildman–Crippen MR) is 77.0 cm³/mol. The molecular weight excluding hydrogens is 349 g/mol. The molecule has 0 spiro atoms. The minimum absolute atomic E-state index is 0.111. The van der Waals surface area contributed by atoms with Crippen molar-refractivity contribution in [1.29, 1.82) is 0 Å². The molecule has 0 saturated heterocycles. The fourth-order valence-electron chi connectivity index (χ4n) is 2.09. The van der Waals surface area contributed by atoms with Crippen molar-refractivity contribution >= 4 is 22.9 Å². The molecule has 9 heteroatoms. The lowest BCUT2D eigenvalue weighted by molar-refractivity contribution is 0.370. The highest BCUT2D eigenvalue weighted by Gasteiger charge is 2.28. The minimum Gasteiger partial charge on any atom is -0.507 e. The van der Waals surface area contributed by atoms with Crippen molar-refractivity contribution in [3.63, 3.8) is 0 Å². The number of nitrogens with zero attached hydrogens (tertiary/aromatic N) is 1. The zero-order chi connectivity index (χ0) is 18.3. The Kier molecular flexibility index (Phi) is 3.99. The second-order valence-corrected chi connectivity index (χ2v) is 4.83. The first kappa shape index (κ1) is 16.6. The smallest absolute Gasteiger partial charge is 0.362 e. The molecule has 0 saturated carbocycles. The molecule has 0 bridgehead atoms. The van der Waals surface area contributed by atoms with Crippen molar-refractivity contribution in [2.24, 2.45) is 0 Å². The Bertz CT molecular complexity index is 1060. The Morgan fingerprint density at radius 2 is 1.52 bits per heavy atom. The molecular formula is C16H6F5NO3. The van der Waals surface area contributed by atoms with Gasteiger partial charge in [0, 0.05) is 6.08 Å². The van der Waals surface area contributed by atoms with Crippen molar-refractivity contribution in [2.45, 2.75) is 0 Å². The van der Waals surface area contributed by atoms with E-state index in [9.17, 15) is 31.9 Å². The molecule has 3 aromatic rings. The third kappa shape index (κ3) is 2.73. The van der Waals surface area contributed by atoms with Gasteiger partial charge in [0.15, 0.2) is 34.5 Å². The van der Waals surface area contributed by atoms with Crippen LogP contribution < -0.4 is 5.63 Å². The summed E-state index contributed by atoms with van der Waals surface area (Å²) in [5.74, 6) is -12.7. The summed E-state index contributed by atoms with van der Waals surface area (Å²) >= 11 is 0. The lowest BCUT2D eigenvalue weighted by Gasteiger charge is -2.07. The van der Waals surface area contributed by atoms with Crippen LogP contribution in [0.1, 0.15) is 11.3 Å². The summed E-state index contributed by atoms with van der Waals surface area (Å²) in [5, 5.41) is 9.78. The second kappa shape index (κ2) is 6.00. The maximum absolute atomic E-state index is 13.7. The lowest BCUT2D eigenvalue weighted by atomic mass is 10.1. The third-order valence-corrected chi connectivity index (χ3v) is 3.26. The van der Waals surface area contributed by atoms with Crippen LogP contribution in [0.5, 0.6) is 0 Å². The molecule has 0 aliphatic carbocycles. The molecule has 0 unspecified atom stereocenters. The minimum atomic E-state index is -2.37.